The van der Waals surface area contributed by atoms with Crippen LogP contribution in [-0.2, 0) is 14.3 Å². The van der Waals surface area contributed by atoms with Crippen LogP contribution < -0.4 is 0 Å². The van der Waals surface area contributed by atoms with Crippen molar-refractivity contribution in [3.8, 4) is 0 Å². The van der Waals surface area contributed by atoms with E-state index in [0.717, 1.165) is 38.5 Å². The van der Waals surface area contributed by atoms with Crippen molar-refractivity contribution in [2.24, 2.45) is 34.5 Å². The number of carbonyl (C=O) groups is 2. The lowest BCUT2D eigenvalue weighted by molar-refractivity contribution is -0.149. The highest BCUT2D eigenvalue weighted by atomic mass is 16.5. The van der Waals surface area contributed by atoms with Gasteiger partial charge in [0, 0.05) is 12.8 Å². The quantitative estimate of drug-likeness (QED) is 0.598. The lowest BCUT2D eigenvalue weighted by atomic mass is 9.46. The van der Waals surface area contributed by atoms with Gasteiger partial charge >= 0.3 is 5.97 Å². The van der Waals surface area contributed by atoms with Crippen molar-refractivity contribution in [1.29, 1.82) is 0 Å². The molecule has 4 heteroatoms. The molecule has 3 fully saturated rings. The molecule has 4 rings (SSSR count). The van der Waals surface area contributed by atoms with E-state index in [2.05, 4.69) is 19.9 Å². The Morgan fingerprint density at radius 3 is 2.63 bits per heavy atom. The topological polar surface area (TPSA) is 63.6 Å². The Labute approximate surface area is 162 Å². The molecule has 0 spiro atoms. The maximum absolute atomic E-state index is 12.8. The van der Waals surface area contributed by atoms with Gasteiger partial charge in [-0.3, -0.25) is 9.59 Å². The fraction of sp³-hybridized carbons (Fsp3) is 0.826. The van der Waals surface area contributed by atoms with Gasteiger partial charge in [0.15, 0.2) is 5.78 Å². The van der Waals surface area contributed by atoms with E-state index in [1.54, 1.807) is 0 Å². The maximum atomic E-state index is 12.8. The molecule has 1 N–H and O–H groups in total. The summed E-state index contributed by atoms with van der Waals surface area (Å²) in [6.07, 6.45) is 10.5. The minimum Gasteiger partial charge on any atom is -0.458 e. The minimum absolute atomic E-state index is 0.0423. The predicted molar refractivity (Wildman–Crippen MR) is 103 cm³/mol. The molecule has 4 nitrogen and oxygen atoms in total. The van der Waals surface area contributed by atoms with Crippen LogP contribution in [0.15, 0.2) is 11.6 Å². The Kier molecular flexibility index (Phi) is 4.77. The fourth-order valence-corrected chi connectivity index (χ4v) is 7.51. The van der Waals surface area contributed by atoms with E-state index in [1.165, 1.54) is 25.3 Å². The van der Waals surface area contributed by atoms with Crippen molar-refractivity contribution in [2.75, 3.05) is 6.61 Å². The first-order valence-electron chi connectivity index (χ1n) is 10.8. The van der Waals surface area contributed by atoms with Gasteiger partial charge in [-0.25, -0.2) is 0 Å². The molecule has 0 aromatic heterocycles. The van der Waals surface area contributed by atoms with Crippen LogP contribution in [0.25, 0.3) is 0 Å². The van der Waals surface area contributed by atoms with Crippen molar-refractivity contribution < 1.29 is 19.4 Å². The first-order chi connectivity index (χ1) is 12.8. The highest BCUT2D eigenvalue weighted by molar-refractivity contribution is 5.85. The standard InChI is InChI=1S/C23H34O4/c1-14(24)27-13-21(26)20-7-6-18-17-5-4-15-12-16(25)8-10-22(15,2)19(17)9-11-23(18,20)3/h12,16-20,25H,4-11,13H2,1-3H3. The summed E-state index contributed by atoms with van der Waals surface area (Å²) in [6, 6.07) is 0. The Bertz CT molecular complexity index is 667. The Morgan fingerprint density at radius 1 is 1.11 bits per heavy atom. The number of carbonyl (C=O) groups excluding carboxylic acids is 2. The fourth-order valence-electron chi connectivity index (χ4n) is 7.51. The smallest absolute Gasteiger partial charge is 0.303 e. The highest BCUT2D eigenvalue weighted by Gasteiger charge is 2.60. The third-order valence-corrected chi connectivity index (χ3v) is 8.90. The number of aliphatic hydroxyl groups is 1. The monoisotopic (exact) mass is 374 g/mol. The molecule has 0 saturated heterocycles. The Balaban J connectivity index is 1.55. The maximum Gasteiger partial charge on any atom is 0.303 e. The van der Waals surface area contributed by atoms with Gasteiger partial charge in [0.05, 0.1) is 6.10 Å². The van der Waals surface area contributed by atoms with Crippen LogP contribution in [0.4, 0.5) is 0 Å². The molecule has 27 heavy (non-hydrogen) atoms. The number of ether oxygens (including phenoxy) is 1. The Hall–Kier alpha value is -1.16. The molecule has 0 radical (unpaired) electrons. The number of hydrogen-bond donors (Lipinski definition) is 1. The number of ketones is 1. The van der Waals surface area contributed by atoms with Gasteiger partial charge < -0.3 is 9.84 Å². The predicted octanol–water partition coefficient (Wildman–Crippen LogP) is 4.06. The van der Waals surface area contributed by atoms with E-state index in [0.29, 0.717) is 17.8 Å². The highest BCUT2D eigenvalue weighted by Crippen LogP contribution is 2.66. The second-order valence-electron chi connectivity index (χ2n) is 10.1. The molecule has 0 aromatic carbocycles. The zero-order chi connectivity index (χ0) is 19.4. The van der Waals surface area contributed by atoms with Gasteiger partial charge in [0.1, 0.15) is 6.61 Å². The normalized spacial score (nSPS) is 45.9. The summed E-state index contributed by atoms with van der Waals surface area (Å²) in [5, 5.41) is 10.1. The second kappa shape index (κ2) is 6.72. The molecule has 4 aliphatic carbocycles. The molecule has 4 aliphatic rings. The van der Waals surface area contributed by atoms with Crippen LogP contribution >= 0.6 is 0 Å². The second-order valence-corrected chi connectivity index (χ2v) is 10.1. The first-order valence-corrected chi connectivity index (χ1v) is 10.8. The molecule has 0 bridgehead atoms. The van der Waals surface area contributed by atoms with Crippen LogP contribution in [0.3, 0.4) is 0 Å². The summed E-state index contributed by atoms with van der Waals surface area (Å²) in [5.41, 5.74) is 1.79. The summed E-state index contributed by atoms with van der Waals surface area (Å²) in [4.78, 5) is 23.9. The molecule has 0 amide bonds. The molecule has 150 valence electrons. The van der Waals surface area contributed by atoms with Crippen molar-refractivity contribution in [2.45, 2.75) is 78.2 Å². The van der Waals surface area contributed by atoms with E-state index < -0.39 is 0 Å². The van der Waals surface area contributed by atoms with Gasteiger partial charge in [-0.1, -0.05) is 25.5 Å². The van der Waals surface area contributed by atoms with Crippen LogP contribution in [0.5, 0.6) is 0 Å². The van der Waals surface area contributed by atoms with Crippen molar-refractivity contribution in [3.05, 3.63) is 11.6 Å². The van der Waals surface area contributed by atoms with E-state index >= 15 is 0 Å². The van der Waals surface area contributed by atoms with E-state index in [-0.39, 0.29) is 41.2 Å². The van der Waals surface area contributed by atoms with E-state index in [4.69, 9.17) is 4.74 Å². The van der Waals surface area contributed by atoms with Crippen LogP contribution in [0.2, 0.25) is 0 Å². The van der Waals surface area contributed by atoms with Crippen LogP contribution in [-0.4, -0.2) is 29.6 Å². The summed E-state index contributed by atoms with van der Waals surface area (Å²) in [7, 11) is 0. The zero-order valence-electron chi connectivity index (χ0n) is 17.0. The number of fused-ring (bicyclic) bond motifs is 5. The third kappa shape index (κ3) is 2.99. The number of esters is 1. The van der Waals surface area contributed by atoms with Crippen molar-refractivity contribution in [3.63, 3.8) is 0 Å². The van der Waals surface area contributed by atoms with Gasteiger partial charge in [-0.2, -0.15) is 0 Å². The van der Waals surface area contributed by atoms with Gasteiger partial charge in [-0.15, -0.1) is 0 Å². The molecular weight excluding hydrogens is 340 g/mol. The molecular formula is C23H34O4. The molecule has 0 heterocycles. The molecule has 0 aromatic rings. The Morgan fingerprint density at radius 2 is 1.89 bits per heavy atom. The molecule has 7 unspecified atom stereocenters. The number of hydrogen-bond acceptors (Lipinski definition) is 4. The average Bonchev–Trinajstić information content (AvgIpc) is 2.97. The minimum atomic E-state index is -0.370. The molecule has 7 atom stereocenters. The third-order valence-electron chi connectivity index (χ3n) is 8.90. The van der Waals surface area contributed by atoms with Gasteiger partial charge in [0.25, 0.3) is 0 Å². The number of allylic oxidation sites excluding steroid dienone is 1. The summed E-state index contributed by atoms with van der Waals surface area (Å²) < 4.78 is 5.02. The lowest BCUT2D eigenvalue weighted by Gasteiger charge is -2.58. The largest absolute Gasteiger partial charge is 0.458 e. The lowest BCUT2D eigenvalue weighted by Crippen LogP contribution is -2.51. The number of aliphatic hydroxyl groups excluding tert-OH is 1. The van der Waals surface area contributed by atoms with Gasteiger partial charge in [-0.05, 0) is 80.0 Å². The summed E-state index contributed by atoms with van der Waals surface area (Å²) >= 11 is 0. The van der Waals surface area contributed by atoms with E-state index in [9.17, 15) is 14.7 Å². The summed E-state index contributed by atoms with van der Waals surface area (Å²) in [5.74, 6) is 1.77. The van der Waals surface area contributed by atoms with Crippen molar-refractivity contribution >= 4 is 11.8 Å². The number of Topliss-reactive ketones (excluding diaryl/α,β-unsaturated/α-hetero) is 1. The van der Waals surface area contributed by atoms with Gasteiger partial charge in [0.2, 0.25) is 0 Å². The SMILES string of the molecule is CC(=O)OCC(=O)C1CCC2C3CCC4=CC(O)CCC4(C)C3CCC12C. The van der Waals surface area contributed by atoms with Crippen molar-refractivity contribution in [1.82, 2.24) is 0 Å². The number of rotatable bonds is 3. The average molecular weight is 375 g/mol. The first kappa shape index (κ1) is 19.2. The van der Waals surface area contributed by atoms with E-state index in [1.807, 2.05) is 0 Å². The van der Waals surface area contributed by atoms with Crippen LogP contribution in [0, 0.1) is 34.5 Å². The summed E-state index contributed by atoms with van der Waals surface area (Å²) in [6.45, 7) is 6.07. The molecule has 0 aliphatic heterocycles. The van der Waals surface area contributed by atoms with Crippen LogP contribution in [0.1, 0.15) is 72.1 Å². The zero-order valence-corrected chi connectivity index (χ0v) is 17.0. The molecule has 3 saturated carbocycles.